The minimum atomic E-state index is -0.622. The lowest BCUT2D eigenvalue weighted by Crippen LogP contribution is -2.42. The molecule has 0 aromatic rings. The molecule has 0 aliphatic carbocycles. The molecule has 5 nitrogen and oxygen atoms in total. The summed E-state index contributed by atoms with van der Waals surface area (Å²) in [5.41, 5.74) is 0. The number of amides is 1. The fourth-order valence-electron chi connectivity index (χ4n) is 3.43. The van der Waals surface area contributed by atoms with Gasteiger partial charge in [-0.15, -0.1) is 0 Å². The average molecular weight is 460 g/mol. The van der Waals surface area contributed by atoms with Crippen LogP contribution in [0.3, 0.4) is 0 Å². The molecular weight excluding hydrogens is 410 g/mol. The van der Waals surface area contributed by atoms with Crippen molar-refractivity contribution in [3.63, 3.8) is 0 Å². The highest BCUT2D eigenvalue weighted by Crippen LogP contribution is 2.13. The molecule has 0 radical (unpaired) electrons. The molecule has 0 fully saturated rings. The number of carbonyl (C=O) groups is 2. The van der Waals surface area contributed by atoms with Crippen molar-refractivity contribution in [3.8, 4) is 0 Å². The quantitative estimate of drug-likeness (QED) is 0.136. The topological polar surface area (TPSA) is 64.6 Å². The highest BCUT2D eigenvalue weighted by atomic mass is 32.2. The van der Waals surface area contributed by atoms with Gasteiger partial charge in [0.2, 0.25) is 0 Å². The van der Waals surface area contributed by atoms with Gasteiger partial charge in [-0.2, -0.15) is 11.8 Å². The predicted octanol–water partition coefficient (Wildman–Crippen LogP) is 7.27. The van der Waals surface area contributed by atoms with Crippen LogP contribution in [0.5, 0.6) is 0 Å². The van der Waals surface area contributed by atoms with Gasteiger partial charge in [-0.25, -0.2) is 9.59 Å². The molecule has 1 atom stereocenters. The average Bonchev–Trinajstić information content (AvgIpc) is 2.77. The van der Waals surface area contributed by atoms with Crippen molar-refractivity contribution in [2.45, 2.75) is 123 Å². The molecule has 0 aliphatic rings. The fourth-order valence-corrected chi connectivity index (χ4v) is 3.90. The zero-order valence-electron chi connectivity index (χ0n) is 20.6. The lowest BCUT2D eigenvalue weighted by molar-refractivity contribution is -0.146. The zero-order chi connectivity index (χ0) is 23.0. The summed E-state index contributed by atoms with van der Waals surface area (Å²) in [6, 6.07) is -0.622. The Hall–Kier alpha value is -0.910. The number of esters is 1. The van der Waals surface area contributed by atoms with E-state index in [-0.39, 0.29) is 5.97 Å². The standard InChI is InChI=1S/C25H49NO4S/c1-4-6-7-8-9-10-11-12-13-14-15-16-17-18-21-29-24(27)23(19-22-31-3)26-25(28)30-20-5-2/h23H,4-22H2,1-3H3,(H,26,28)/t23-/m0/s1. The van der Waals surface area contributed by atoms with Gasteiger partial charge >= 0.3 is 12.1 Å². The number of ether oxygens (including phenoxy) is 2. The van der Waals surface area contributed by atoms with Crippen molar-refractivity contribution in [1.82, 2.24) is 5.32 Å². The number of carbonyl (C=O) groups excluding carboxylic acids is 2. The second-order valence-electron chi connectivity index (χ2n) is 8.38. The molecular formula is C25H49NO4S. The molecule has 0 aliphatic heterocycles. The SMILES string of the molecule is CCCCCCCCCCCCCCCCOC(=O)[C@H](CCSC)NC(=O)OCCC. The van der Waals surface area contributed by atoms with E-state index in [0.29, 0.717) is 19.6 Å². The highest BCUT2D eigenvalue weighted by molar-refractivity contribution is 7.98. The van der Waals surface area contributed by atoms with Gasteiger partial charge in [0.1, 0.15) is 6.04 Å². The molecule has 0 saturated heterocycles. The van der Waals surface area contributed by atoms with Crippen LogP contribution in [-0.4, -0.2) is 43.3 Å². The summed E-state index contributed by atoms with van der Waals surface area (Å²) >= 11 is 1.64. The monoisotopic (exact) mass is 459 g/mol. The third kappa shape index (κ3) is 20.7. The Labute approximate surface area is 196 Å². The smallest absolute Gasteiger partial charge is 0.407 e. The summed E-state index contributed by atoms with van der Waals surface area (Å²) in [5, 5.41) is 2.64. The van der Waals surface area contributed by atoms with Crippen molar-refractivity contribution in [2.75, 3.05) is 25.2 Å². The van der Waals surface area contributed by atoms with Gasteiger partial charge in [0.05, 0.1) is 13.2 Å². The fraction of sp³-hybridized carbons (Fsp3) is 0.920. The van der Waals surface area contributed by atoms with Crippen molar-refractivity contribution in [3.05, 3.63) is 0 Å². The number of hydrogen-bond acceptors (Lipinski definition) is 5. The van der Waals surface area contributed by atoms with Crippen LogP contribution < -0.4 is 5.32 Å². The van der Waals surface area contributed by atoms with Crippen molar-refractivity contribution < 1.29 is 19.1 Å². The van der Waals surface area contributed by atoms with Gasteiger partial charge in [0.25, 0.3) is 0 Å². The van der Waals surface area contributed by atoms with Crippen LogP contribution in [0.25, 0.3) is 0 Å². The number of rotatable bonds is 22. The van der Waals surface area contributed by atoms with E-state index in [1.807, 2.05) is 13.2 Å². The molecule has 1 N–H and O–H groups in total. The van der Waals surface area contributed by atoms with Crippen LogP contribution in [0, 0.1) is 0 Å². The predicted molar refractivity (Wildman–Crippen MR) is 133 cm³/mol. The molecule has 0 rings (SSSR count). The first-order valence-electron chi connectivity index (χ1n) is 12.7. The normalized spacial score (nSPS) is 11.8. The zero-order valence-corrected chi connectivity index (χ0v) is 21.4. The third-order valence-corrected chi connectivity index (χ3v) is 6.01. The van der Waals surface area contributed by atoms with Crippen LogP contribution in [0.1, 0.15) is 117 Å². The van der Waals surface area contributed by atoms with E-state index >= 15 is 0 Å². The number of unbranched alkanes of at least 4 members (excludes halogenated alkanes) is 13. The molecule has 0 aromatic carbocycles. The van der Waals surface area contributed by atoms with Gasteiger partial charge in [0.15, 0.2) is 0 Å². The van der Waals surface area contributed by atoms with Crippen LogP contribution in [-0.2, 0) is 14.3 Å². The summed E-state index contributed by atoms with van der Waals surface area (Å²) in [6.45, 7) is 4.99. The van der Waals surface area contributed by atoms with E-state index in [1.165, 1.54) is 77.0 Å². The Balaban J connectivity index is 3.64. The molecule has 0 saturated carbocycles. The van der Waals surface area contributed by atoms with E-state index < -0.39 is 12.1 Å². The maximum Gasteiger partial charge on any atom is 0.407 e. The van der Waals surface area contributed by atoms with E-state index in [9.17, 15) is 9.59 Å². The summed E-state index contributed by atoms with van der Waals surface area (Å²) in [7, 11) is 0. The van der Waals surface area contributed by atoms with Crippen LogP contribution in [0.15, 0.2) is 0 Å². The number of alkyl carbamates (subject to hydrolysis) is 1. The van der Waals surface area contributed by atoms with Crippen LogP contribution >= 0.6 is 11.8 Å². The molecule has 0 heterocycles. The van der Waals surface area contributed by atoms with Crippen LogP contribution in [0.2, 0.25) is 0 Å². The van der Waals surface area contributed by atoms with Crippen molar-refractivity contribution in [1.29, 1.82) is 0 Å². The van der Waals surface area contributed by atoms with Gasteiger partial charge < -0.3 is 14.8 Å². The van der Waals surface area contributed by atoms with Crippen molar-refractivity contribution in [2.24, 2.45) is 0 Å². The molecule has 0 aromatic heterocycles. The molecule has 0 spiro atoms. The Bertz CT molecular complexity index is 420. The van der Waals surface area contributed by atoms with Gasteiger partial charge in [-0.1, -0.05) is 97.3 Å². The number of nitrogens with one attached hydrogen (secondary N) is 1. The summed E-state index contributed by atoms with van der Waals surface area (Å²) < 4.78 is 10.4. The molecule has 184 valence electrons. The minimum absolute atomic E-state index is 0.350. The second-order valence-corrected chi connectivity index (χ2v) is 9.36. The molecule has 31 heavy (non-hydrogen) atoms. The lowest BCUT2D eigenvalue weighted by Gasteiger charge is -2.17. The minimum Gasteiger partial charge on any atom is -0.464 e. The first-order valence-corrected chi connectivity index (χ1v) is 14.1. The third-order valence-electron chi connectivity index (χ3n) is 5.37. The largest absolute Gasteiger partial charge is 0.464 e. The molecule has 0 unspecified atom stereocenters. The van der Waals surface area contributed by atoms with E-state index in [2.05, 4.69) is 12.2 Å². The number of thioether (sulfide) groups is 1. The Kier molecular flexibility index (Phi) is 23.0. The molecule has 6 heteroatoms. The Morgan fingerprint density at radius 3 is 1.71 bits per heavy atom. The number of hydrogen-bond donors (Lipinski definition) is 1. The summed E-state index contributed by atoms with van der Waals surface area (Å²) in [6.07, 6.45) is 21.0. The van der Waals surface area contributed by atoms with Gasteiger partial charge in [-0.3, -0.25) is 0 Å². The molecule has 1 amide bonds. The van der Waals surface area contributed by atoms with Gasteiger partial charge in [0, 0.05) is 0 Å². The summed E-state index contributed by atoms with van der Waals surface area (Å²) in [5.74, 6) is 0.435. The van der Waals surface area contributed by atoms with E-state index in [1.54, 1.807) is 11.8 Å². The van der Waals surface area contributed by atoms with E-state index in [4.69, 9.17) is 9.47 Å². The van der Waals surface area contributed by atoms with Gasteiger partial charge in [-0.05, 0) is 31.3 Å². The Morgan fingerprint density at radius 1 is 0.710 bits per heavy atom. The Morgan fingerprint density at radius 2 is 1.23 bits per heavy atom. The van der Waals surface area contributed by atoms with Crippen LogP contribution in [0.4, 0.5) is 4.79 Å². The summed E-state index contributed by atoms with van der Waals surface area (Å²) in [4.78, 5) is 24.0. The maximum absolute atomic E-state index is 12.3. The second kappa shape index (κ2) is 23.7. The van der Waals surface area contributed by atoms with E-state index in [0.717, 1.165) is 25.0 Å². The van der Waals surface area contributed by atoms with Crippen molar-refractivity contribution >= 4 is 23.8 Å². The first kappa shape index (κ1) is 30.1. The first-order chi connectivity index (χ1) is 15.2. The lowest BCUT2D eigenvalue weighted by atomic mass is 10.0. The highest BCUT2D eigenvalue weighted by Gasteiger charge is 2.22. The maximum atomic E-state index is 12.3. The molecule has 0 bridgehead atoms.